The maximum Gasteiger partial charge on any atom is 0.123 e. The van der Waals surface area contributed by atoms with Crippen LogP contribution in [0.15, 0.2) is 48.5 Å². The zero-order valence-electron chi connectivity index (χ0n) is 17.6. The first kappa shape index (κ1) is 20.1. The molecule has 1 aromatic heterocycles. The molecule has 1 unspecified atom stereocenters. The van der Waals surface area contributed by atoms with Crippen molar-refractivity contribution < 1.29 is 9.13 Å². The summed E-state index contributed by atoms with van der Waals surface area (Å²) in [6, 6.07) is 15.9. The number of hydrogen-bond acceptors (Lipinski definition) is 2. The number of aromatic nitrogens is 1. The fourth-order valence-corrected chi connectivity index (χ4v) is 5.10. The van der Waals surface area contributed by atoms with E-state index >= 15 is 0 Å². The standard InChI is InChI=1S/C23H24FNO.C2H7N/c1-15-13-20-19-14-18(24)7-8-21(19)25-22(20)23(26-15)11-9-17(10-12-23)16-5-3-2-4-6-16;1-3-2/h2-8,14-15,17,25H,9-13H2,1H3;3H,1-2H3. The van der Waals surface area contributed by atoms with E-state index in [1.165, 1.54) is 22.9 Å². The average molecular weight is 395 g/mol. The first-order valence-corrected chi connectivity index (χ1v) is 10.7. The van der Waals surface area contributed by atoms with Crippen molar-refractivity contribution in [2.45, 2.75) is 56.7 Å². The Hall–Kier alpha value is -2.17. The van der Waals surface area contributed by atoms with Gasteiger partial charge in [0.1, 0.15) is 11.4 Å². The van der Waals surface area contributed by atoms with Crippen LogP contribution in [0, 0.1) is 5.82 Å². The second-order valence-corrected chi connectivity index (χ2v) is 8.48. The molecule has 2 N–H and O–H groups in total. The lowest BCUT2D eigenvalue weighted by molar-refractivity contribution is -0.128. The van der Waals surface area contributed by atoms with E-state index in [4.69, 9.17) is 4.74 Å². The molecule has 1 fully saturated rings. The van der Waals surface area contributed by atoms with Crippen LogP contribution in [0.2, 0.25) is 0 Å². The van der Waals surface area contributed by atoms with Crippen LogP contribution in [0.25, 0.3) is 10.9 Å². The number of fused-ring (bicyclic) bond motifs is 4. The van der Waals surface area contributed by atoms with Crippen molar-refractivity contribution in [2.75, 3.05) is 14.1 Å². The summed E-state index contributed by atoms with van der Waals surface area (Å²) in [6.07, 6.45) is 5.29. The maximum absolute atomic E-state index is 13.8. The van der Waals surface area contributed by atoms with Crippen LogP contribution < -0.4 is 5.32 Å². The molecule has 3 aromatic rings. The minimum absolute atomic E-state index is 0.165. The number of ether oxygens (including phenoxy) is 1. The van der Waals surface area contributed by atoms with Crippen LogP contribution >= 0.6 is 0 Å². The third-order valence-electron chi connectivity index (χ3n) is 6.31. The van der Waals surface area contributed by atoms with Crippen molar-refractivity contribution in [1.29, 1.82) is 0 Å². The summed E-state index contributed by atoms with van der Waals surface area (Å²) in [5.41, 5.74) is 4.68. The number of nitrogens with one attached hydrogen (secondary N) is 2. The lowest BCUT2D eigenvalue weighted by Gasteiger charge is -2.45. The number of benzene rings is 2. The number of H-pyrrole nitrogens is 1. The van der Waals surface area contributed by atoms with Gasteiger partial charge in [0.15, 0.2) is 0 Å². The highest BCUT2D eigenvalue weighted by Gasteiger charge is 2.45. The van der Waals surface area contributed by atoms with Gasteiger partial charge in [-0.2, -0.15) is 0 Å². The Bertz CT molecular complexity index is 958. The molecule has 1 aliphatic heterocycles. The first-order valence-electron chi connectivity index (χ1n) is 10.7. The van der Waals surface area contributed by atoms with E-state index in [1.807, 2.05) is 20.2 Å². The maximum atomic E-state index is 13.8. The molecule has 29 heavy (non-hydrogen) atoms. The predicted octanol–water partition coefficient (Wildman–Crippen LogP) is 5.66. The van der Waals surface area contributed by atoms with Crippen molar-refractivity contribution >= 4 is 10.9 Å². The van der Waals surface area contributed by atoms with Crippen molar-refractivity contribution in [2.24, 2.45) is 0 Å². The fraction of sp³-hybridized carbons (Fsp3) is 0.440. The Kier molecular flexibility index (Phi) is 5.75. The topological polar surface area (TPSA) is 37.0 Å². The van der Waals surface area contributed by atoms with Crippen LogP contribution in [0.4, 0.5) is 4.39 Å². The minimum Gasteiger partial charge on any atom is -0.365 e. The Balaban J connectivity index is 0.000000645. The molecule has 0 amide bonds. The molecular formula is C25H31FN2O. The Labute approximate surface area is 172 Å². The molecule has 5 rings (SSSR count). The molecule has 154 valence electrons. The zero-order chi connectivity index (χ0) is 20.4. The molecule has 1 aliphatic carbocycles. The molecule has 1 spiro atoms. The molecule has 2 aromatic carbocycles. The molecule has 4 heteroatoms. The first-order chi connectivity index (χ1) is 14.1. The SMILES string of the molecule is CC1Cc2c([nH]c3ccc(F)cc23)C2(CCC(c3ccccc3)CC2)O1.CNC. The number of hydrogen-bond donors (Lipinski definition) is 2. The highest BCUT2D eigenvalue weighted by Crippen LogP contribution is 2.50. The monoisotopic (exact) mass is 394 g/mol. The van der Waals surface area contributed by atoms with Crippen LogP contribution in [0.5, 0.6) is 0 Å². The van der Waals surface area contributed by atoms with E-state index in [1.54, 1.807) is 6.07 Å². The van der Waals surface area contributed by atoms with Gasteiger partial charge in [-0.25, -0.2) is 4.39 Å². The van der Waals surface area contributed by atoms with E-state index in [2.05, 4.69) is 47.6 Å². The summed E-state index contributed by atoms with van der Waals surface area (Å²) in [7, 11) is 3.75. The molecule has 1 saturated carbocycles. The van der Waals surface area contributed by atoms with Gasteiger partial charge in [0.25, 0.3) is 0 Å². The highest BCUT2D eigenvalue weighted by atomic mass is 19.1. The van der Waals surface area contributed by atoms with Gasteiger partial charge in [-0.05, 0) is 81.9 Å². The van der Waals surface area contributed by atoms with Crippen LogP contribution in [0.3, 0.4) is 0 Å². The summed E-state index contributed by atoms with van der Waals surface area (Å²) in [4.78, 5) is 3.59. The molecule has 0 saturated heterocycles. The summed E-state index contributed by atoms with van der Waals surface area (Å²) < 4.78 is 20.4. The Morgan fingerprint density at radius 2 is 1.76 bits per heavy atom. The highest BCUT2D eigenvalue weighted by molar-refractivity contribution is 5.85. The number of aromatic amines is 1. The van der Waals surface area contributed by atoms with Crippen LogP contribution in [-0.2, 0) is 16.8 Å². The average Bonchev–Trinajstić information content (AvgIpc) is 3.08. The smallest absolute Gasteiger partial charge is 0.123 e. The van der Waals surface area contributed by atoms with Gasteiger partial charge in [-0.1, -0.05) is 30.3 Å². The molecule has 1 atom stereocenters. The molecule has 3 nitrogen and oxygen atoms in total. The molecular weight excluding hydrogens is 363 g/mol. The molecule has 2 aliphatic rings. The van der Waals surface area contributed by atoms with Crippen LogP contribution in [0.1, 0.15) is 55.3 Å². The third kappa shape index (κ3) is 3.84. The van der Waals surface area contributed by atoms with E-state index in [9.17, 15) is 4.39 Å². The lowest BCUT2D eigenvalue weighted by atomic mass is 9.72. The van der Waals surface area contributed by atoms with Gasteiger partial charge in [0.2, 0.25) is 0 Å². The Morgan fingerprint density at radius 3 is 2.45 bits per heavy atom. The third-order valence-corrected chi connectivity index (χ3v) is 6.31. The molecule has 0 radical (unpaired) electrons. The largest absolute Gasteiger partial charge is 0.365 e. The molecule has 2 heterocycles. The Morgan fingerprint density at radius 1 is 1.07 bits per heavy atom. The number of rotatable bonds is 1. The predicted molar refractivity (Wildman–Crippen MR) is 117 cm³/mol. The minimum atomic E-state index is -0.242. The molecule has 0 bridgehead atoms. The van der Waals surface area contributed by atoms with Crippen LogP contribution in [-0.4, -0.2) is 25.2 Å². The van der Waals surface area contributed by atoms with E-state index in [0.717, 1.165) is 43.0 Å². The summed E-state index contributed by atoms with van der Waals surface area (Å²) in [5, 5.41) is 3.78. The van der Waals surface area contributed by atoms with Gasteiger partial charge in [-0.3, -0.25) is 0 Å². The van der Waals surface area contributed by atoms with E-state index in [-0.39, 0.29) is 17.5 Å². The van der Waals surface area contributed by atoms with E-state index in [0.29, 0.717) is 5.92 Å². The lowest BCUT2D eigenvalue weighted by Crippen LogP contribution is -2.42. The zero-order valence-corrected chi connectivity index (χ0v) is 17.6. The second-order valence-electron chi connectivity index (χ2n) is 8.48. The van der Waals surface area contributed by atoms with Crippen molar-refractivity contribution in [3.05, 3.63) is 71.2 Å². The van der Waals surface area contributed by atoms with Gasteiger partial charge in [-0.15, -0.1) is 0 Å². The normalized spacial score (nSPS) is 26.1. The van der Waals surface area contributed by atoms with Gasteiger partial charge >= 0.3 is 0 Å². The van der Waals surface area contributed by atoms with Gasteiger partial charge < -0.3 is 15.0 Å². The van der Waals surface area contributed by atoms with Gasteiger partial charge in [0.05, 0.1) is 11.8 Å². The number of halogens is 1. The second kappa shape index (κ2) is 8.29. The van der Waals surface area contributed by atoms with Gasteiger partial charge in [0, 0.05) is 17.3 Å². The van der Waals surface area contributed by atoms with Crippen molar-refractivity contribution in [1.82, 2.24) is 10.3 Å². The fourth-order valence-electron chi connectivity index (χ4n) is 5.10. The summed E-state index contributed by atoms with van der Waals surface area (Å²) >= 11 is 0. The quantitative estimate of drug-likeness (QED) is 0.559. The summed E-state index contributed by atoms with van der Waals surface area (Å²) in [6.45, 7) is 2.14. The summed E-state index contributed by atoms with van der Waals surface area (Å²) in [5.74, 6) is 0.438. The van der Waals surface area contributed by atoms with E-state index < -0.39 is 0 Å². The van der Waals surface area contributed by atoms with Crippen molar-refractivity contribution in [3.63, 3.8) is 0 Å². The van der Waals surface area contributed by atoms with Crippen molar-refractivity contribution in [3.8, 4) is 0 Å².